The zero-order chi connectivity index (χ0) is 13.3. The summed E-state index contributed by atoms with van der Waals surface area (Å²) in [6.07, 6.45) is 0.245. The van der Waals surface area contributed by atoms with Gasteiger partial charge in [0.1, 0.15) is 11.3 Å². The molecule has 2 rings (SSSR count). The van der Waals surface area contributed by atoms with E-state index < -0.39 is 6.09 Å². The number of rotatable bonds is 3. The molecule has 0 saturated heterocycles. The van der Waals surface area contributed by atoms with Crippen LogP contribution in [0.5, 0.6) is 5.88 Å². The van der Waals surface area contributed by atoms with Crippen molar-refractivity contribution < 1.29 is 14.6 Å². The van der Waals surface area contributed by atoms with Crippen molar-refractivity contribution in [3.8, 4) is 5.88 Å². The molecule has 98 valence electrons. The molecule has 1 aromatic rings. The molecule has 1 saturated carbocycles. The number of hydrogen-bond donors (Lipinski definition) is 1. The molecule has 1 amide bonds. The summed E-state index contributed by atoms with van der Waals surface area (Å²) in [6.45, 7) is 0. The fourth-order valence-corrected chi connectivity index (χ4v) is 2.10. The van der Waals surface area contributed by atoms with Crippen molar-refractivity contribution in [1.29, 1.82) is 0 Å². The highest BCUT2D eigenvalue weighted by Gasteiger charge is 2.36. The number of nitrogens with zero attached hydrogens (tertiary/aromatic N) is 3. The van der Waals surface area contributed by atoms with E-state index in [1.165, 1.54) is 11.0 Å². The number of halogens is 2. The normalized spacial score (nSPS) is 22.2. The van der Waals surface area contributed by atoms with Gasteiger partial charge in [-0.1, -0.05) is 11.6 Å². The largest absolute Gasteiger partial charge is 0.474 e. The first-order chi connectivity index (χ1) is 8.45. The minimum atomic E-state index is -0.938. The number of amides is 1. The molecule has 1 fully saturated rings. The van der Waals surface area contributed by atoms with Gasteiger partial charge in [-0.05, 0) is 11.6 Å². The molecule has 1 aliphatic rings. The van der Waals surface area contributed by atoms with Gasteiger partial charge in [0.05, 0.1) is 0 Å². The van der Waals surface area contributed by atoms with Gasteiger partial charge in [0.2, 0.25) is 11.2 Å². The number of hydrogen-bond acceptors (Lipinski definition) is 4. The molecule has 8 heteroatoms. The third kappa shape index (κ3) is 2.94. The predicted octanol–water partition coefficient (Wildman–Crippen LogP) is 2.30. The lowest BCUT2D eigenvalue weighted by Gasteiger charge is -2.39. The topological polar surface area (TPSA) is 75.6 Å². The summed E-state index contributed by atoms with van der Waals surface area (Å²) in [4.78, 5) is 19.6. The molecule has 0 spiro atoms. The van der Waals surface area contributed by atoms with E-state index in [0.717, 1.165) is 0 Å². The molecule has 1 N–H and O–H groups in total. The van der Waals surface area contributed by atoms with Crippen LogP contribution in [-0.2, 0) is 0 Å². The second kappa shape index (κ2) is 5.16. The van der Waals surface area contributed by atoms with Gasteiger partial charge in [-0.25, -0.2) is 9.78 Å². The first kappa shape index (κ1) is 13.2. The molecule has 1 aliphatic carbocycles. The summed E-state index contributed by atoms with van der Waals surface area (Å²) in [6, 6.07) is 1.46. The van der Waals surface area contributed by atoms with Crippen molar-refractivity contribution in [2.24, 2.45) is 0 Å². The maximum atomic E-state index is 10.7. The molecule has 18 heavy (non-hydrogen) atoms. The monoisotopic (exact) mass is 291 g/mol. The van der Waals surface area contributed by atoms with E-state index in [1.807, 2.05) is 0 Å². The van der Waals surface area contributed by atoms with Crippen LogP contribution in [0.15, 0.2) is 6.07 Å². The zero-order valence-electron chi connectivity index (χ0n) is 9.51. The Morgan fingerprint density at radius 2 is 2.17 bits per heavy atom. The first-order valence-corrected chi connectivity index (χ1v) is 6.04. The van der Waals surface area contributed by atoms with Crippen LogP contribution in [0.3, 0.4) is 0 Å². The van der Waals surface area contributed by atoms with Gasteiger partial charge < -0.3 is 14.7 Å². The van der Waals surface area contributed by atoms with Crippen molar-refractivity contribution in [1.82, 2.24) is 14.9 Å². The second-order valence-corrected chi connectivity index (χ2v) is 4.78. The number of aromatic nitrogens is 2. The summed E-state index contributed by atoms with van der Waals surface area (Å²) in [5.41, 5.74) is 0. The van der Waals surface area contributed by atoms with Crippen LogP contribution in [0.25, 0.3) is 0 Å². The maximum absolute atomic E-state index is 10.7. The van der Waals surface area contributed by atoms with Crippen LogP contribution in [0, 0.1) is 0 Å². The smallest absolute Gasteiger partial charge is 0.407 e. The number of carboxylic acid groups (broad SMARTS) is 1. The summed E-state index contributed by atoms with van der Waals surface area (Å²) >= 11 is 11.4. The van der Waals surface area contributed by atoms with Crippen LogP contribution in [0.4, 0.5) is 4.79 Å². The fourth-order valence-electron chi connectivity index (χ4n) is 1.71. The second-order valence-electron chi connectivity index (χ2n) is 4.06. The highest BCUT2D eigenvalue weighted by molar-refractivity contribution is 6.31. The molecule has 0 bridgehead atoms. The molecular formula is C10H11Cl2N3O3. The van der Waals surface area contributed by atoms with Gasteiger partial charge in [-0.2, -0.15) is 4.98 Å². The van der Waals surface area contributed by atoms with Crippen molar-refractivity contribution in [3.05, 3.63) is 16.5 Å². The lowest BCUT2D eigenvalue weighted by atomic mass is 9.88. The Bertz CT molecular complexity index is 445. The Morgan fingerprint density at radius 3 is 2.72 bits per heavy atom. The fraction of sp³-hybridized carbons (Fsp3) is 0.500. The molecule has 1 aromatic heterocycles. The van der Waals surface area contributed by atoms with Crippen LogP contribution in [0.1, 0.15) is 12.8 Å². The quantitative estimate of drug-likeness (QED) is 0.683. The third-order valence-corrected chi connectivity index (χ3v) is 3.21. The van der Waals surface area contributed by atoms with Gasteiger partial charge in [-0.15, -0.1) is 0 Å². The van der Waals surface area contributed by atoms with Gasteiger partial charge in [0.15, 0.2) is 0 Å². The lowest BCUT2D eigenvalue weighted by Crippen LogP contribution is -2.49. The third-order valence-electron chi connectivity index (χ3n) is 2.85. The Morgan fingerprint density at radius 1 is 1.50 bits per heavy atom. The van der Waals surface area contributed by atoms with Crippen molar-refractivity contribution in [2.75, 3.05) is 7.05 Å². The summed E-state index contributed by atoms with van der Waals surface area (Å²) < 4.78 is 5.53. The lowest BCUT2D eigenvalue weighted by molar-refractivity contribution is 0.0294. The molecule has 0 aromatic carbocycles. The van der Waals surface area contributed by atoms with Crippen molar-refractivity contribution >= 4 is 29.3 Å². The van der Waals surface area contributed by atoms with Gasteiger partial charge >= 0.3 is 6.09 Å². The Balaban J connectivity index is 1.88. The highest BCUT2D eigenvalue weighted by Crippen LogP contribution is 2.29. The Hall–Kier alpha value is -1.27. The predicted molar refractivity (Wildman–Crippen MR) is 65.3 cm³/mol. The van der Waals surface area contributed by atoms with Gasteiger partial charge in [0, 0.05) is 32.0 Å². The molecule has 0 radical (unpaired) electrons. The first-order valence-electron chi connectivity index (χ1n) is 5.28. The standard InChI is InChI=1S/C10H11Cl2N3O3/c1-15(10(16)17)5-2-6(3-5)18-8-4-7(11)13-9(12)14-8/h4-6H,2-3H2,1H3,(H,16,17). The zero-order valence-corrected chi connectivity index (χ0v) is 11.0. The van der Waals surface area contributed by atoms with Crippen LogP contribution < -0.4 is 4.74 Å². The van der Waals surface area contributed by atoms with Crippen molar-refractivity contribution in [3.63, 3.8) is 0 Å². The van der Waals surface area contributed by atoms with Crippen LogP contribution >= 0.6 is 23.2 Å². The average Bonchev–Trinajstić information content (AvgIpc) is 2.20. The average molecular weight is 292 g/mol. The van der Waals surface area contributed by atoms with E-state index in [0.29, 0.717) is 18.7 Å². The minimum absolute atomic E-state index is 0.0136. The molecule has 1 heterocycles. The number of ether oxygens (including phenoxy) is 1. The Kier molecular flexibility index (Phi) is 3.77. The minimum Gasteiger partial charge on any atom is -0.474 e. The van der Waals surface area contributed by atoms with Crippen LogP contribution in [-0.4, -0.2) is 45.3 Å². The van der Waals surface area contributed by atoms with E-state index in [4.69, 9.17) is 33.0 Å². The van der Waals surface area contributed by atoms with Gasteiger partial charge in [-0.3, -0.25) is 0 Å². The highest BCUT2D eigenvalue weighted by atomic mass is 35.5. The van der Waals surface area contributed by atoms with E-state index in [1.54, 1.807) is 7.05 Å². The summed E-state index contributed by atoms with van der Waals surface area (Å²) in [5, 5.41) is 9.03. The maximum Gasteiger partial charge on any atom is 0.407 e. The van der Waals surface area contributed by atoms with Crippen LogP contribution in [0.2, 0.25) is 10.4 Å². The molecule has 0 unspecified atom stereocenters. The molecule has 0 aliphatic heterocycles. The van der Waals surface area contributed by atoms with E-state index in [-0.39, 0.29) is 22.6 Å². The molecule has 6 nitrogen and oxygen atoms in total. The molecule has 0 atom stereocenters. The van der Waals surface area contributed by atoms with E-state index in [2.05, 4.69) is 9.97 Å². The van der Waals surface area contributed by atoms with Crippen molar-refractivity contribution in [2.45, 2.75) is 25.0 Å². The Labute approximate surface area is 113 Å². The van der Waals surface area contributed by atoms with E-state index >= 15 is 0 Å². The summed E-state index contributed by atoms with van der Waals surface area (Å²) in [7, 11) is 1.54. The molecular weight excluding hydrogens is 281 g/mol. The van der Waals surface area contributed by atoms with Gasteiger partial charge in [0.25, 0.3) is 0 Å². The SMILES string of the molecule is CN(C(=O)O)C1CC(Oc2cc(Cl)nc(Cl)n2)C1. The summed E-state index contributed by atoms with van der Waals surface area (Å²) in [5.74, 6) is 0.307. The number of carbonyl (C=O) groups is 1. The van der Waals surface area contributed by atoms with E-state index in [9.17, 15) is 4.79 Å².